The second kappa shape index (κ2) is 10.6. The van der Waals surface area contributed by atoms with E-state index < -0.39 is 24.4 Å². The van der Waals surface area contributed by atoms with Crippen LogP contribution in [0, 0.1) is 13.8 Å². The van der Waals surface area contributed by atoms with Crippen LogP contribution in [0.5, 0.6) is 5.75 Å². The minimum absolute atomic E-state index is 0.0823. The van der Waals surface area contributed by atoms with Gasteiger partial charge >= 0.3 is 5.97 Å². The van der Waals surface area contributed by atoms with Crippen LogP contribution in [-0.4, -0.2) is 41.3 Å². The van der Waals surface area contributed by atoms with Gasteiger partial charge in [-0.15, -0.1) is 0 Å². The van der Waals surface area contributed by atoms with E-state index in [0.717, 1.165) is 11.1 Å². The van der Waals surface area contributed by atoms with Crippen LogP contribution in [0.4, 0.5) is 0 Å². The van der Waals surface area contributed by atoms with Crippen molar-refractivity contribution in [2.24, 2.45) is 0 Å². The fourth-order valence-electron chi connectivity index (χ4n) is 2.94. The SMILES string of the molecule is COc1ccc(C(=O)NNC(=O)COC(=O)c2c(C)nn(Cc3ccc(C)cc3)c2Cl)cc1. The van der Waals surface area contributed by atoms with Crippen molar-refractivity contribution in [1.82, 2.24) is 20.6 Å². The summed E-state index contributed by atoms with van der Waals surface area (Å²) < 4.78 is 11.6. The predicted molar refractivity (Wildman–Crippen MR) is 121 cm³/mol. The smallest absolute Gasteiger partial charge is 0.343 e. The first kappa shape index (κ1) is 23.8. The van der Waals surface area contributed by atoms with Crippen molar-refractivity contribution in [3.63, 3.8) is 0 Å². The highest BCUT2D eigenvalue weighted by atomic mass is 35.5. The number of nitrogens with one attached hydrogen (secondary N) is 2. The van der Waals surface area contributed by atoms with Gasteiger partial charge in [0.05, 0.1) is 19.3 Å². The number of hydrazine groups is 1. The number of amides is 2. The van der Waals surface area contributed by atoms with Gasteiger partial charge in [-0.25, -0.2) is 9.48 Å². The molecule has 0 fully saturated rings. The van der Waals surface area contributed by atoms with Crippen LogP contribution in [0.25, 0.3) is 0 Å². The summed E-state index contributed by atoms with van der Waals surface area (Å²) >= 11 is 6.35. The van der Waals surface area contributed by atoms with Gasteiger partial charge in [-0.05, 0) is 43.7 Å². The third kappa shape index (κ3) is 6.11. The first-order valence-corrected chi connectivity index (χ1v) is 10.3. The van der Waals surface area contributed by atoms with Gasteiger partial charge < -0.3 is 9.47 Å². The van der Waals surface area contributed by atoms with E-state index in [1.165, 1.54) is 11.8 Å². The molecule has 0 atom stereocenters. The molecule has 2 N–H and O–H groups in total. The molecule has 2 amide bonds. The quantitative estimate of drug-likeness (QED) is 0.405. The number of carbonyl (C=O) groups excluding carboxylic acids is 3. The number of aryl methyl sites for hydroxylation is 2. The Morgan fingerprint density at radius 2 is 1.67 bits per heavy atom. The highest BCUT2D eigenvalue weighted by Crippen LogP contribution is 2.22. The first-order valence-electron chi connectivity index (χ1n) is 9.97. The van der Waals surface area contributed by atoms with E-state index in [-0.39, 0.29) is 10.7 Å². The molecule has 0 radical (unpaired) electrons. The van der Waals surface area contributed by atoms with Crippen molar-refractivity contribution < 1.29 is 23.9 Å². The van der Waals surface area contributed by atoms with Crippen LogP contribution >= 0.6 is 11.6 Å². The normalized spacial score (nSPS) is 10.4. The van der Waals surface area contributed by atoms with E-state index in [2.05, 4.69) is 16.0 Å². The third-order valence-corrected chi connectivity index (χ3v) is 5.11. The molecule has 0 unspecified atom stereocenters. The molecule has 0 spiro atoms. The van der Waals surface area contributed by atoms with E-state index in [4.69, 9.17) is 21.1 Å². The van der Waals surface area contributed by atoms with E-state index in [1.54, 1.807) is 31.2 Å². The molecule has 3 rings (SSSR count). The highest BCUT2D eigenvalue weighted by Gasteiger charge is 2.22. The minimum Gasteiger partial charge on any atom is -0.497 e. The lowest BCUT2D eigenvalue weighted by Crippen LogP contribution is -2.43. The fraction of sp³-hybridized carbons (Fsp3) is 0.217. The first-order chi connectivity index (χ1) is 15.8. The molecule has 10 heteroatoms. The molecular formula is C23H23ClN4O5. The zero-order valence-corrected chi connectivity index (χ0v) is 19.1. The maximum absolute atomic E-state index is 12.5. The molecule has 0 bridgehead atoms. The van der Waals surface area contributed by atoms with Gasteiger partial charge in [0.15, 0.2) is 6.61 Å². The van der Waals surface area contributed by atoms with Gasteiger partial charge in [-0.2, -0.15) is 5.10 Å². The number of esters is 1. The lowest BCUT2D eigenvalue weighted by Gasteiger charge is -2.09. The van der Waals surface area contributed by atoms with Crippen LogP contribution in [0.1, 0.15) is 37.5 Å². The number of halogens is 1. The molecule has 0 saturated carbocycles. The third-order valence-electron chi connectivity index (χ3n) is 4.72. The molecule has 0 saturated heterocycles. The molecular weight excluding hydrogens is 448 g/mol. The Labute approximate surface area is 195 Å². The lowest BCUT2D eigenvalue weighted by atomic mass is 10.1. The maximum atomic E-state index is 12.5. The lowest BCUT2D eigenvalue weighted by molar-refractivity contribution is -0.125. The van der Waals surface area contributed by atoms with Crippen LogP contribution in [0.15, 0.2) is 48.5 Å². The number of hydrogen-bond donors (Lipinski definition) is 2. The zero-order chi connectivity index (χ0) is 24.0. The second-order valence-corrected chi connectivity index (χ2v) is 7.56. The molecule has 2 aromatic carbocycles. The van der Waals surface area contributed by atoms with Crippen molar-refractivity contribution in [2.75, 3.05) is 13.7 Å². The minimum atomic E-state index is -0.788. The Balaban J connectivity index is 1.53. The molecule has 0 aliphatic carbocycles. The van der Waals surface area contributed by atoms with Gasteiger partial charge in [0.25, 0.3) is 11.8 Å². The van der Waals surface area contributed by atoms with Crippen LogP contribution in [0.3, 0.4) is 0 Å². The summed E-state index contributed by atoms with van der Waals surface area (Å²) in [6, 6.07) is 14.2. The average molecular weight is 471 g/mol. The number of ether oxygens (including phenoxy) is 2. The average Bonchev–Trinajstić information content (AvgIpc) is 3.10. The number of hydrogen-bond acceptors (Lipinski definition) is 6. The van der Waals surface area contributed by atoms with Crippen molar-refractivity contribution >= 4 is 29.4 Å². The fourth-order valence-corrected chi connectivity index (χ4v) is 3.25. The maximum Gasteiger partial charge on any atom is 0.343 e. The zero-order valence-electron chi connectivity index (χ0n) is 18.3. The van der Waals surface area contributed by atoms with Crippen molar-refractivity contribution in [1.29, 1.82) is 0 Å². The number of methoxy groups -OCH3 is 1. The standard InChI is InChI=1S/C23H23ClN4O5/c1-14-4-6-16(7-5-14)12-28-21(24)20(15(2)27-28)23(31)33-13-19(29)25-26-22(30)17-8-10-18(32-3)11-9-17/h4-11H,12-13H2,1-3H3,(H,25,29)(H,26,30). The number of benzene rings is 2. The molecule has 3 aromatic rings. The van der Waals surface area contributed by atoms with E-state index in [9.17, 15) is 14.4 Å². The summed E-state index contributed by atoms with van der Waals surface area (Å²) in [7, 11) is 1.51. The monoisotopic (exact) mass is 470 g/mol. The topological polar surface area (TPSA) is 112 Å². The van der Waals surface area contributed by atoms with Crippen LogP contribution in [-0.2, 0) is 16.1 Å². The second-order valence-electron chi connectivity index (χ2n) is 7.20. The molecule has 172 valence electrons. The van der Waals surface area contributed by atoms with E-state index >= 15 is 0 Å². The Hall–Kier alpha value is -3.85. The molecule has 1 heterocycles. The number of carbonyl (C=O) groups is 3. The van der Waals surface area contributed by atoms with Crippen molar-refractivity contribution in [3.05, 3.63) is 81.6 Å². The Kier molecular flexibility index (Phi) is 7.68. The largest absolute Gasteiger partial charge is 0.497 e. The summed E-state index contributed by atoms with van der Waals surface area (Å²) in [5, 5.41) is 4.42. The van der Waals surface area contributed by atoms with Gasteiger partial charge in [0.2, 0.25) is 0 Å². The number of nitrogens with zero attached hydrogens (tertiary/aromatic N) is 2. The van der Waals surface area contributed by atoms with Gasteiger partial charge in [0.1, 0.15) is 16.5 Å². The molecule has 1 aromatic heterocycles. The Bertz CT molecular complexity index is 1160. The summed E-state index contributed by atoms with van der Waals surface area (Å²) in [6.45, 7) is 3.39. The van der Waals surface area contributed by atoms with E-state index in [0.29, 0.717) is 23.6 Å². The van der Waals surface area contributed by atoms with Gasteiger partial charge in [-0.1, -0.05) is 41.4 Å². The number of aromatic nitrogens is 2. The van der Waals surface area contributed by atoms with E-state index in [1.807, 2.05) is 31.2 Å². The van der Waals surface area contributed by atoms with Crippen LogP contribution in [0.2, 0.25) is 5.15 Å². The summed E-state index contributed by atoms with van der Waals surface area (Å²) in [4.78, 5) is 36.5. The summed E-state index contributed by atoms with van der Waals surface area (Å²) in [5.41, 5.74) is 7.31. The van der Waals surface area contributed by atoms with Crippen LogP contribution < -0.4 is 15.6 Å². The summed E-state index contributed by atoms with van der Waals surface area (Å²) in [6.07, 6.45) is 0. The summed E-state index contributed by atoms with van der Waals surface area (Å²) in [5.74, 6) is -1.44. The molecule has 0 aliphatic rings. The Morgan fingerprint density at radius 3 is 2.30 bits per heavy atom. The molecule has 9 nitrogen and oxygen atoms in total. The van der Waals surface area contributed by atoms with Gasteiger partial charge in [-0.3, -0.25) is 20.4 Å². The predicted octanol–water partition coefficient (Wildman–Crippen LogP) is 2.83. The van der Waals surface area contributed by atoms with Crippen molar-refractivity contribution in [2.45, 2.75) is 20.4 Å². The number of rotatable bonds is 7. The Morgan fingerprint density at radius 1 is 1.00 bits per heavy atom. The molecule has 0 aliphatic heterocycles. The van der Waals surface area contributed by atoms with Crippen molar-refractivity contribution in [3.8, 4) is 5.75 Å². The van der Waals surface area contributed by atoms with Gasteiger partial charge in [0, 0.05) is 5.56 Å². The highest BCUT2D eigenvalue weighted by molar-refractivity contribution is 6.32. The molecule has 33 heavy (non-hydrogen) atoms.